The summed E-state index contributed by atoms with van der Waals surface area (Å²) in [4.78, 5) is 22.4. The molecule has 2 aromatic rings. The van der Waals surface area contributed by atoms with Crippen LogP contribution in [0.4, 0.5) is 20.3 Å². The number of nitrogens with zero attached hydrogens (tertiary/aromatic N) is 4. The van der Waals surface area contributed by atoms with Crippen molar-refractivity contribution in [1.29, 1.82) is 0 Å². The number of hydrogen-bond donors (Lipinski definition) is 2. The van der Waals surface area contributed by atoms with Crippen LogP contribution in [0.3, 0.4) is 0 Å². The molecule has 3 N–H and O–H groups in total. The average molecular weight is 619 g/mol. The Bertz CT molecular complexity index is 1260. The minimum Gasteiger partial charge on any atom is -0.356 e. The number of benzene rings is 1. The number of nitrogens with two attached hydrogens (primary N) is 1. The zero-order valence-corrected chi connectivity index (χ0v) is 25.8. The fraction of sp³-hybridized carbons (Fsp3) is 0.548. The van der Waals surface area contributed by atoms with Gasteiger partial charge in [-0.3, -0.25) is 4.79 Å². The molecule has 5 rings (SSSR count). The highest BCUT2D eigenvalue weighted by Crippen LogP contribution is 2.50. The minimum absolute atomic E-state index is 0.0569. The molecule has 1 aromatic carbocycles. The van der Waals surface area contributed by atoms with Crippen molar-refractivity contribution < 1.29 is 13.6 Å². The number of carbonyl (C=O) groups is 1. The van der Waals surface area contributed by atoms with E-state index in [9.17, 15) is 4.79 Å². The fourth-order valence-corrected chi connectivity index (χ4v) is 7.47. The lowest BCUT2D eigenvalue weighted by Crippen LogP contribution is -2.44. The van der Waals surface area contributed by atoms with Gasteiger partial charge < -0.3 is 20.9 Å². The zero-order valence-electron chi connectivity index (χ0n) is 24.2. The van der Waals surface area contributed by atoms with Crippen molar-refractivity contribution >= 4 is 41.0 Å². The molecule has 3 atom stereocenters. The van der Waals surface area contributed by atoms with Crippen LogP contribution in [0.5, 0.6) is 0 Å². The number of nitrogens with one attached hydrogen (secondary N) is 1. The standard InChI is InChI=1S/C31H41ClF2N6OS/c1-21-17-23(30(41)36-11-4-10-35)18-27(21)31(33,34)24-19-28(32)37-29(20-24)38-13-15-39(16-14-38)42-26-8-6-25(7-9-26)40-12-3-5-22(40)2/h6-9,19-21,23,27H,2-5,10-18,35H2,1H3,(H,36,41). The summed E-state index contributed by atoms with van der Waals surface area (Å²) in [5.41, 5.74) is 7.72. The van der Waals surface area contributed by atoms with Crippen LogP contribution >= 0.6 is 23.5 Å². The summed E-state index contributed by atoms with van der Waals surface area (Å²) in [6, 6.07) is 11.3. The largest absolute Gasteiger partial charge is 0.356 e. The number of rotatable bonds is 10. The number of alkyl halides is 2. The molecule has 2 saturated heterocycles. The van der Waals surface area contributed by atoms with Crippen LogP contribution in [-0.2, 0) is 10.7 Å². The quantitative estimate of drug-likeness (QED) is 0.195. The molecule has 1 amide bonds. The van der Waals surface area contributed by atoms with Crippen molar-refractivity contribution in [3.8, 4) is 0 Å². The summed E-state index contributed by atoms with van der Waals surface area (Å²) in [7, 11) is 0. The molecular weight excluding hydrogens is 578 g/mol. The summed E-state index contributed by atoms with van der Waals surface area (Å²) >= 11 is 8.01. The third-order valence-corrected chi connectivity index (χ3v) is 10.0. The van der Waals surface area contributed by atoms with Crippen molar-refractivity contribution in [1.82, 2.24) is 14.6 Å². The van der Waals surface area contributed by atoms with Crippen LogP contribution in [0.15, 0.2) is 53.6 Å². The van der Waals surface area contributed by atoms with Gasteiger partial charge in [0.1, 0.15) is 11.0 Å². The lowest BCUT2D eigenvalue weighted by Gasteiger charge is -2.35. The maximum Gasteiger partial charge on any atom is 0.276 e. The summed E-state index contributed by atoms with van der Waals surface area (Å²) in [6.07, 6.45) is 3.45. The SMILES string of the molecule is C=C1CCCN1c1ccc(SN2CCN(c3cc(C(F)(F)C4CC(C(=O)NCCCN)CC4C)cc(Cl)n3)CC2)cc1. The molecule has 0 radical (unpaired) electrons. The van der Waals surface area contributed by atoms with Gasteiger partial charge in [-0.1, -0.05) is 25.1 Å². The highest BCUT2D eigenvalue weighted by Gasteiger charge is 2.50. The summed E-state index contributed by atoms with van der Waals surface area (Å²) in [5, 5.41) is 2.90. The predicted molar refractivity (Wildman–Crippen MR) is 167 cm³/mol. The Morgan fingerprint density at radius 2 is 1.90 bits per heavy atom. The summed E-state index contributed by atoms with van der Waals surface area (Å²) in [5.74, 6) is -4.49. The highest BCUT2D eigenvalue weighted by molar-refractivity contribution is 7.97. The van der Waals surface area contributed by atoms with E-state index in [1.807, 2.05) is 11.8 Å². The second-order valence-corrected chi connectivity index (χ2v) is 13.2. The molecule has 3 unspecified atom stereocenters. The molecule has 1 aromatic heterocycles. The van der Waals surface area contributed by atoms with Gasteiger partial charge in [-0.05, 0) is 92.9 Å². The van der Waals surface area contributed by atoms with Crippen molar-refractivity contribution in [3.63, 3.8) is 0 Å². The normalized spacial score (nSPS) is 23.5. The Morgan fingerprint density at radius 1 is 1.17 bits per heavy atom. The number of halogens is 3. The van der Waals surface area contributed by atoms with Crippen molar-refractivity contribution in [2.75, 3.05) is 55.6 Å². The van der Waals surface area contributed by atoms with Gasteiger partial charge >= 0.3 is 0 Å². The molecule has 42 heavy (non-hydrogen) atoms. The number of allylic oxidation sites excluding steroid dienone is 1. The molecule has 7 nitrogen and oxygen atoms in total. The van der Waals surface area contributed by atoms with E-state index in [-0.39, 0.29) is 29.0 Å². The zero-order chi connectivity index (χ0) is 29.9. The monoisotopic (exact) mass is 618 g/mol. The lowest BCUT2D eigenvalue weighted by molar-refractivity contribution is -0.125. The summed E-state index contributed by atoms with van der Waals surface area (Å²) in [6.45, 7) is 10.8. The van der Waals surface area contributed by atoms with Crippen molar-refractivity contribution in [2.45, 2.75) is 49.8 Å². The number of anilines is 2. The molecule has 2 aliphatic heterocycles. The Labute approximate surface area is 257 Å². The third kappa shape index (κ3) is 7.04. The van der Waals surface area contributed by atoms with Crippen LogP contribution in [0.25, 0.3) is 0 Å². The molecule has 0 bridgehead atoms. The minimum atomic E-state index is -3.13. The number of carbonyl (C=O) groups excluding carboxylic acids is 1. The fourth-order valence-electron chi connectivity index (χ4n) is 6.37. The van der Waals surface area contributed by atoms with Crippen LogP contribution in [0.1, 0.15) is 44.6 Å². The van der Waals surface area contributed by atoms with Gasteiger partial charge in [0.25, 0.3) is 5.92 Å². The Kier molecular flexibility index (Phi) is 9.97. The van der Waals surface area contributed by atoms with Gasteiger partial charge in [0.05, 0.1) is 0 Å². The van der Waals surface area contributed by atoms with E-state index in [1.54, 1.807) is 11.9 Å². The molecular formula is C31H41ClF2N6OS. The lowest BCUT2D eigenvalue weighted by atomic mass is 9.87. The van der Waals surface area contributed by atoms with E-state index < -0.39 is 17.8 Å². The van der Waals surface area contributed by atoms with E-state index in [0.717, 1.165) is 37.4 Å². The van der Waals surface area contributed by atoms with E-state index >= 15 is 8.78 Å². The number of hydrogen-bond acceptors (Lipinski definition) is 7. The maximum absolute atomic E-state index is 16.0. The second-order valence-electron chi connectivity index (χ2n) is 11.7. The first kappa shape index (κ1) is 31.0. The molecule has 3 fully saturated rings. The predicted octanol–water partition coefficient (Wildman–Crippen LogP) is 5.90. The van der Waals surface area contributed by atoms with Crippen LogP contribution in [0, 0.1) is 17.8 Å². The Morgan fingerprint density at radius 3 is 2.57 bits per heavy atom. The third-order valence-electron chi connectivity index (χ3n) is 8.74. The average Bonchev–Trinajstić information content (AvgIpc) is 3.59. The summed E-state index contributed by atoms with van der Waals surface area (Å²) < 4.78 is 34.2. The van der Waals surface area contributed by atoms with Crippen molar-refractivity contribution in [2.24, 2.45) is 23.5 Å². The molecule has 1 saturated carbocycles. The second kappa shape index (κ2) is 13.5. The van der Waals surface area contributed by atoms with Crippen molar-refractivity contribution in [3.05, 3.63) is 59.4 Å². The van der Waals surface area contributed by atoms with E-state index in [1.165, 1.54) is 23.5 Å². The molecule has 3 heterocycles. The number of pyridine rings is 1. The van der Waals surface area contributed by atoms with Gasteiger partial charge in [-0.25, -0.2) is 18.1 Å². The van der Waals surface area contributed by atoms with E-state index in [2.05, 4.69) is 50.4 Å². The van der Waals surface area contributed by atoms with Gasteiger partial charge in [0.15, 0.2) is 0 Å². The number of amides is 1. The highest BCUT2D eigenvalue weighted by atomic mass is 35.5. The molecule has 11 heteroatoms. The van der Waals surface area contributed by atoms with E-state index in [0.29, 0.717) is 44.8 Å². The molecule has 3 aliphatic rings. The topological polar surface area (TPSA) is 77.7 Å². The van der Waals surface area contributed by atoms with Gasteiger partial charge in [-0.15, -0.1) is 0 Å². The Balaban J connectivity index is 1.19. The molecule has 0 spiro atoms. The Hall–Kier alpha value is -2.40. The van der Waals surface area contributed by atoms with E-state index in [4.69, 9.17) is 17.3 Å². The van der Waals surface area contributed by atoms with Crippen LogP contribution in [0.2, 0.25) is 5.15 Å². The van der Waals surface area contributed by atoms with Gasteiger partial charge in [0, 0.05) is 72.9 Å². The first-order valence-corrected chi connectivity index (χ1v) is 16.1. The smallest absolute Gasteiger partial charge is 0.276 e. The van der Waals surface area contributed by atoms with Gasteiger partial charge in [0.2, 0.25) is 5.91 Å². The first-order valence-electron chi connectivity index (χ1n) is 14.9. The van der Waals surface area contributed by atoms with Crippen LogP contribution < -0.4 is 20.9 Å². The first-order chi connectivity index (χ1) is 20.2. The van der Waals surface area contributed by atoms with Gasteiger partial charge in [-0.2, -0.15) is 0 Å². The maximum atomic E-state index is 16.0. The number of aromatic nitrogens is 1. The molecule has 1 aliphatic carbocycles. The van der Waals surface area contributed by atoms with Crippen LogP contribution in [-0.4, -0.2) is 61.0 Å². The molecule has 228 valence electrons. The number of piperazine rings is 1.